The average molecular weight is 304 g/mol. The Bertz CT molecular complexity index is 768. The number of nitrogen functional groups attached to an aromatic ring is 1. The number of nitriles is 1. The normalized spacial score (nSPS) is 10.0. The Balaban J connectivity index is 2.40. The highest BCUT2D eigenvalue weighted by molar-refractivity contribution is 6.31. The number of carbonyl (C=O) groups excluding carboxylic acids is 1. The van der Waals surface area contributed by atoms with E-state index in [9.17, 15) is 9.18 Å². The molecule has 0 radical (unpaired) electrons. The maximum absolute atomic E-state index is 14.0. The van der Waals surface area contributed by atoms with Crippen molar-refractivity contribution in [3.05, 3.63) is 57.9 Å². The van der Waals surface area contributed by atoms with Gasteiger partial charge in [0.05, 0.1) is 16.8 Å². The molecule has 0 aliphatic carbocycles. The van der Waals surface area contributed by atoms with Crippen molar-refractivity contribution in [2.24, 2.45) is 0 Å². The van der Waals surface area contributed by atoms with E-state index in [-0.39, 0.29) is 28.1 Å². The zero-order chi connectivity index (χ0) is 15.6. The van der Waals surface area contributed by atoms with E-state index >= 15 is 0 Å². The lowest BCUT2D eigenvalue weighted by Gasteiger charge is -2.10. The number of carbonyl (C=O) groups is 1. The third-order valence-electron chi connectivity index (χ3n) is 2.87. The third-order valence-corrected chi connectivity index (χ3v) is 3.11. The average Bonchev–Trinajstić information content (AvgIpc) is 2.43. The van der Waals surface area contributed by atoms with E-state index in [1.807, 2.05) is 6.07 Å². The van der Waals surface area contributed by atoms with Gasteiger partial charge in [0.2, 0.25) is 0 Å². The summed E-state index contributed by atoms with van der Waals surface area (Å²) >= 11 is 5.83. The number of hydrogen-bond acceptors (Lipinski definition) is 3. The minimum Gasteiger partial charge on any atom is -0.399 e. The smallest absolute Gasteiger partial charge is 0.258 e. The van der Waals surface area contributed by atoms with Crippen molar-refractivity contribution in [2.75, 3.05) is 11.1 Å². The van der Waals surface area contributed by atoms with E-state index in [1.165, 1.54) is 37.3 Å². The van der Waals surface area contributed by atoms with Crippen LogP contribution in [0.4, 0.5) is 15.8 Å². The highest BCUT2D eigenvalue weighted by Gasteiger charge is 2.16. The molecule has 2 rings (SSSR count). The predicted molar refractivity (Wildman–Crippen MR) is 79.7 cm³/mol. The Morgan fingerprint density at radius 2 is 2.10 bits per heavy atom. The Kier molecular flexibility index (Phi) is 4.10. The second-order valence-electron chi connectivity index (χ2n) is 4.46. The van der Waals surface area contributed by atoms with Crippen molar-refractivity contribution in [2.45, 2.75) is 6.92 Å². The molecular weight excluding hydrogens is 293 g/mol. The molecule has 106 valence electrons. The second-order valence-corrected chi connectivity index (χ2v) is 4.89. The van der Waals surface area contributed by atoms with E-state index in [1.54, 1.807) is 0 Å². The van der Waals surface area contributed by atoms with E-state index in [4.69, 9.17) is 22.6 Å². The van der Waals surface area contributed by atoms with Crippen molar-refractivity contribution in [3.63, 3.8) is 0 Å². The molecule has 0 fully saturated rings. The molecule has 0 unspecified atom stereocenters. The van der Waals surface area contributed by atoms with Gasteiger partial charge in [-0.15, -0.1) is 0 Å². The minimum atomic E-state index is -0.693. The predicted octanol–water partition coefficient (Wildman–Crippen LogP) is 3.49. The van der Waals surface area contributed by atoms with E-state index in [2.05, 4.69) is 5.32 Å². The number of benzene rings is 2. The fourth-order valence-electron chi connectivity index (χ4n) is 1.87. The molecule has 4 nitrogen and oxygen atoms in total. The monoisotopic (exact) mass is 303 g/mol. The number of nitrogens with two attached hydrogens (primary N) is 1. The molecule has 3 N–H and O–H groups in total. The standard InChI is InChI=1S/C15H11ClFN3O/c1-8-4-11(19)6-12(14(8)17)15(21)20-13-5-10(16)3-2-9(13)7-18/h2-6H,19H2,1H3,(H,20,21). The Hall–Kier alpha value is -2.58. The van der Waals surface area contributed by atoms with Crippen LogP contribution in [-0.4, -0.2) is 5.91 Å². The van der Waals surface area contributed by atoms with Crippen LogP contribution in [-0.2, 0) is 0 Å². The lowest BCUT2D eigenvalue weighted by atomic mass is 10.1. The van der Waals surface area contributed by atoms with Crippen LogP contribution >= 0.6 is 11.6 Å². The Morgan fingerprint density at radius 3 is 2.76 bits per heavy atom. The third kappa shape index (κ3) is 3.12. The number of nitrogens with one attached hydrogen (secondary N) is 1. The largest absolute Gasteiger partial charge is 0.399 e. The molecule has 0 aliphatic rings. The van der Waals surface area contributed by atoms with Gasteiger partial charge in [0.25, 0.3) is 5.91 Å². The summed E-state index contributed by atoms with van der Waals surface area (Å²) in [5, 5.41) is 11.8. The summed E-state index contributed by atoms with van der Waals surface area (Å²) in [6.07, 6.45) is 0. The van der Waals surface area contributed by atoms with Gasteiger partial charge in [-0.25, -0.2) is 4.39 Å². The van der Waals surface area contributed by atoms with Crippen LogP contribution in [0.5, 0.6) is 0 Å². The first-order chi connectivity index (χ1) is 9.92. The molecule has 0 atom stereocenters. The molecule has 2 aromatic carbocycles. The van der Waals surface area contributed by atoms with Crippen molar-refractivity contribution in [1.29, 1.82) is 5.26 Å². The molecular formula is C15H11ClFN3O. The van der Waals surface area contributed by atoms with E-state index in [0.29, 0.717) is 5.02 Å². The van der Waals surface area contributed by atoms with Gasteiger partial charge in [0.15, 0.2) is 0 Å². The van der Waals surface area contributed by atoms with Gasteiger partial charge in [-0.2, -0.15) is 5.26 Å². The van der Waals surface area contributed by atoms with Crippen molar-refractivity contribution < 1.29 is 9.18 Å². The number of anilines is 2. The zero-order valence-corrected chi connectivity index (χ0v) is 11.8. The maximum atomic E-state index is 14.0. The van der Waals surface area contributed by atoms with Gasteiger partial charge < -0.3 is 11.1 Å². The zero-order valence-electron chi connectivity index (χ0n) is 11.1. The minimum absolute atomic E-state index is 0.184. The topological polar surface area (TPSA) is 78.9 Å². The summed E-state index contributed by atoms with van der Waals surface area (Å²) in [6, 6.07) is 9.03. The van der Waals surface area contributed by atoms with Gasteiger partial charge in [-0.05, 0) is 42.8 Å². The number of aryl methyl sites for hydroxylation is 1. The van der Waals surface area contributed by atoms with E-state index < -0.39 is 11.7 Å². The van der Waals surface area contributed by atoms with Crippen LogP contribution in [0.1, 0.15) is 21.5 Å². The Labute approximate surface area is 125 Å². The van der Waals surface area contributed by atoms with Crippen molar-refractivity contribution >= 4 is 28.9 Å². The van der Waals surface area contributed by atoms with Gasteiger partial charge in [0, 0.05) is 10.7 Å². The Morgan fingerprint density at radius 1 is 1.38 bits per heavy atom. The first kappa shape index (κ1) is 14.8. The first-order valence-corrected chi connectivity index (χ1v) is 6.37. The number of halogens is 2. The van der Waals surface area contributed by atoms with Gasteiger partial charge in [-0.3, -0.25) is 4.79 Å². The van der Waals surface area contributed by atoms with Crippen molar-refractivity contribution in [1.82, 2.24) is 0 Å². The first-order valence-electron chi connectivity index (χ1n) is 5.99. The highest BCUT2D eigenvalue weighted by atomic mass is 35.5. The molecule has 0 heterocycles. The summed E-state index contributed by atoms with van der Waals surface area (Å²) in [5.74, 6) is -1.34. The van der Waals surface area contributed by atoms with Gasteiger partial charge in [-0.1, -0.05) is 11.6 Å². The fraction of sp³-hybridized carbons (Fsp3) is 0.0667. The molecule has 21 heavy (non-hydrogen) atoms. The van der Waals surface area contributed by atoms with Gasteiger partial charge in [0.1, 0.15) is 11.9 Å². The van der Waals surface area contributed by atoms with Crippen LogP contribution in [0.15, 0.2) is 30.3 Å². The summed E-state index contributed by atoms with van der Waals surface area (Å²) < 4.78 is 14.0. The summed E-state index contributed by atoms with van der Waals surface area (Å²) in [5.41, 5.74) is 6.44. The number of amides is 1. The van der Waals surface area contributed by atoms with Crippen LogP contribution in [0.25, 0.3) is 0 Å². The highest BCUT2D eigenvalue weighted by Crippen LogP contribution is 2.23. The molecule has 0 bridgehead atoms. The molecule has 2 aromatic rings. The van der Waals surface area contributed by atoms with Crippen LogP contribution in [0.3, 0.4) is 0 Å². The van der Waals surface area contributed by atoms with Crippen LogP contribution in [0, 0.1) is 24.1 Å². The molecule has 0 saturated carbocycles. The second kappa shape index (κ2) is 5.81. The number of hydrogen-bond donors (Lipinski definition) is 2. The molecule has 1 amide bonds. The fourth-order valence-corrected chi connectivity index (χ4v) is 2.04. The molecule has 0 aromatic heterocycles. The molecule has 0 aliphatic heterocycles. The summed E-state index contributed by atoms with van der Waals surface area (Å²) in [6.45, 7) is 1.52. The van der Waals surface area contributed by atoms with Crippen molar-refractivity contribution in [3.8, 4) is 6.07 Å². The van der Waals surface area contributed by atoms with Crippen LogP contribution in [0.2, 0.25) is 5.02 Å². The summed E-state index contributed by atoms with van der Waals surface area (Å²) in [7, 11) is 0. The summed E-state index contributed by atoms with van der Waals surface area (Å²) in [4.78, 5) is 12.2. The van der Waals surface area contributed by atoms with Gasteiger partial charge >= 0.3 is 0 Å². The van der Waals surface area contributed by atoms with Crippen LogP contribution < -0.4 is 11.1 Å². The molecule has 0 saturated heterocycles. The van der Waals surface area contributed by atoms with E-state index in [0.717, 1.165) is 0 Å². The SMILES string of the molecule is Cc1cc(N)cc(C(=O)Nc2cc(Cl)ccc2C#N)c1F. The lowest BCUT2D eigenvalue weighted by molar-refractivity contribution is 0.102. The lowest BCUT2D eigenvalue weighted by Crippen LogP contribution is -2.15. The maximum Gasteiger partial charge on any atom is 0.258 e. The molecule has 6 heteroatoms. The molecule has 0 spiro atoms. The number of nitrogens with zero attached hydrogens (tertiary/aromatic N) is 1. The quantitative estimate of drug-likeness (QED) is 0.833. The number of rotatable bonds is 2.